The molecule has 0 aliphatic heterocycles. The highest BCUT2D eigenvalue weighted by molar-refractivity contribution is 6.36. The van der Waals surface area contributed by atoms with Gasteiger partial charge in [0, 0.05) is 19.8 Å². The molecule has 0 spiro atoms. The van der Waals surface area contributed by atoms with Crippen molar-refractivity contribution in [2.45, 2.75) is 290 Å². The molecule has 0 bridgehead atoms. The third-order valence-electron chi connectivity index (χ3n) is 11.7. The minimum absolute atomic E-state index is 0.491. The lowest BCUT2D eigenvalue weighted by Crippen LogP contribution is -2.28. The second-order valence-electron chi connectivity index (χ2n) is 17.7. The van der Waals surface area contributed by atoms with Crippen LogP contribution in [0.5, 0.6) is 0 Å². The lowest BCUT2D eigenvalue weighted by atomic mass is 10.1. The number of hydrogen-bond donors (Lipinski definition) is 0. The number of hydrogen-bond acceptors (Lipinski definition) is 3. The highest BCUT2D eigenvalue weighted by Crippen LogP contribution is 2.14. The number of unbranched alkanes of at least 4 members (excludes halogenated alkanes) is 36. The van der Waals surface area contributed by atoms with E-state index in [1.165, 1.54) is 250 Å². The van der Waals surface area contributed by atoms with Crippen LogP contribution < -0.4 is 0 Å². The van der Waals surface area contributed by atoms with Crippen LogP contribution in [-0.4, -0.2) is 27.1 Å². The minimum Gasteiger partial charge on any atom is -0.386 e. The maximum atomic E-state index is 6.15. The van der Waals surface area contributed by atoms with Gasteiger partial charge >= 0.3 is 7.32 Å². The van der Waals surface area contributed by atoms with Crippen LogP contribution in [0.4, 0.5) is 0 Å². The monoisotopic (exact) mass is 813 g/mol. The molecule has 0 saturated heterocycles. The summed E-state index contributed by atoms with van der Waals surface area (Å²) in [6.07, 6.45) is 70.3. The Hall–Kier alpha value is -0.835. The van der Waals surface area contributed by atoms with Gasteiger partial charge in [0.2, 0.25) is 0 Å². The molecular formula is C54H105BO3. The Labute approximate surface area is 366 Å². The van der Waals surface area contributed by atoms with Crippen LogP contribution in [-0.2, 0) is 14.0 Å². The summed E-state index contributed by atoms with van der Waals surface area (Å²) in [7, 11) is -0.491. The molecule has 0 aliphatic carbocycles. The van der Waals surface area contributed by atoms with Gasteiger partial charge in [0.1, 0.15) is 0 Å². The predicted molar refractivity (Wildman–Crippen MR) is 262 cm³/mol. The molecule has 0 heterocycles. The van der Waals surface area contributed by atoms with E-state index in [9.17, 15) is 0 Å². The van der Waals surface area contributed by atoms with E-state index < -0.39 is 7.32 Å². The molecule has 0 aromatic rings. The van der Waals surface area contributed by atoms with Crippen molar-refractivity contribution in [3.05, 3.63) is 36.5 Å². The first-order chi connectivity index (χ1) is 28.8. The van der Waals surface area contributed by atoms with Crippen LogP contribution >= 0.6 is 0 Å². The molecule has 0 unspecified atom stereocenters. The number of allylic oxidation sites excluding steroid dienone is 6. The van der Waals surface area contributed by atoms with E-state index >= 15 is 0 Å². The van der Waals surface area contributed by atoms with Crippen LogP contribution in [0.15, 0.2) is 36.5 Å². The average Bonchev–Trinajstić information content (AvgIpc) is 3.23. The first-order valence-corrected chi connectivity index (χ1v) is 26.6. The van der Waals surface area contributed by atoms with Crippen molar-refractivity contribution in [1.82, 2.24) is 0 Å². The third kappa shape index (κ3) is 51.3. The van der Waals surface area contributed by atoms with Gasteiger partial charge in [-0.1, -0.05) is 231 Å². The zero-order chi connectivity index (χ0) is 41.8. The molecule has 0 aromatic carbocycles. The predicted octanol–water partition coefficient (Wildman–Crippen LogP) is 19.1. The molecule has 0 aromatic heterocycles. The first-order valence-electron chi connectivity index (χ1n) is 26.6. The maximum absolute atomic E-state index is 6.15. The lowest BCUT2D eigenvalue weighted by molar-refractivity contribution is 0.0885. The molecule has 0 atom stereocenters. The molecular weight excluding hydrogens is 707 g/mol. The van der Waals surface area contributed by atoms with Gasteiger partial charge in [-0.2, -0.15) is 0 Å². The van der Waals surface area contributed by atoms with E-state index in [4.69, 9.17) is 14.0 Å². The van der Waals surface area contributed by atoms with Crippen molar-refractivity contribution < 1.29 is 14.0 Å². The third-order valence-corrected chi connectivity index (χ3v) is 11.7. The Morgan fingerprint density at radius 2 is 0.397 bits per heavy atom. The molecule has 0 saturated carbocycles. The van der Waals surface area contributed by atoms with Gasteiger partial charge in [-0.15, -0.1) is 0 Å². The van der Waals surface area contributed by atoms with Gasteiger partial charge in [-0.3, -0.25) is 0 Å². The lowest BCUT2D eigenvalue weighted by Gasteiger charge is -2.15. The van der Waals surface area contributed by atoms with Crippen molar-refractivity contribution in [1.29, 1.82) is 0 Å². The van der Waals surface area contributed by atoms with Crippen molar-refractivity contribution in [3.8, 4) is 0 Å². The van der Waals surface area contributed by atoms with E-state index in [1.807, 2.05) is 0 Å². The Kier molecular flexibility index (Phi) is 53.4. The summed E-state index contributed by atoms with van der Waals surface area (Å²) in [5.41, 5.74) is 0. The van der Waals surface area contributed by atoms with E-state index in [0.717, 1.165) is 39.1 Å². The highest BCUT2D eigenvalue weighted by Gasteiger charge is 2.20. The van der Waals surface area contributed by atoms with Crippen LogP contribution in [0.3, 0.4) is 0 Å². The van der Waals surface area contributed by atoms with Gasteiger partial charge < -0.3 is 14.0 Å². The Morgan fingerprint density at radius 3 is 0.603 bits per heavy atom. The molecule has 0 amide bonds. The van der Waals surface area contributed by atoms with Crippen molar-refractivity contribution in [2.24, 2.45) is 0 Å². The summed E-state index contributed by atoms with van der Waals surface area (Å²) < 4.78 is 18.5. The van der Waals surface area contributed by atoms with E-state index in [1.54, 1.807) is 0 Å². The smallest absolute Gasteiger partial charge is 0.386 e. The van der Waals surface area contributed by atoms with Crippen molar-refractivity contribution in [2.75, 3.05) is 19.8 Å². The van der Waals surface area contributed by atoms with Crippen molar-refractivity contribution in [3.63, 3.8) is 0 Å². The Balaban J connectivity index is 4.05. The molecule has 0 fully saturated rings. The fourth-order valence-electron chi connectivity index (χ4n) is 7.73. The van der Waals surface area contributed by atoms with Crippen LogP contribution in [0.25, 0.3) is 0 Å². The maximum Gasteiger partial charge on any atom is 0.639 e. The SMILES string of the molecule is CCCCCCCCC=CCCCCCCCCOB(OCCCCCCCCC=CCCCCCCCC)OCCCCCCCCC=CCCCCCCCC. The summed E-state index contributed by atoms with van der Waals surface area (Å²) in [5, 5.41) is 0. The molecule has 0 aliphatic rings. The zero-order valence-corrected chi connectivity index (χ0v) is 40.1. The fourth-order valence-corrected chi connectivity index (χ4v) is 7.73. The quantitative estimate of drug-likeness (QED) is 0.0348. The van der Waals surface area contributed by atoms with Gasteiger partial charge in [-0.05, 0) is 96.3 Å². The summed E-state index contributed by atoms with van der Waals surface area (Å²) in [4.78, 5) is 0. The molecule has 342 valence electrons. The minimum atomic E-state index is -0.491. The average molecular weight is 813 g/mol. The van der Waals surface area contributed by atoms with E-state index in [2.05, 4.69) is 57.2 Å². The Bertz CT molecular complexity index is 705. The standard InChI is InChI=1S/C54H105BO3/c1-4-7-10-13-16-19-22-25-28-31-34-37-40-43-46-49-52-56-55(57-53-50-47-44-41-38-35-32-29-26-23-20-17-14-11-8-5-2)58-54-51-48-45-42-39-36-33-30-27-24-21-18-15-12-9-6-3/h25-30H,4-24,31-54H2,1-3H3. The van der Waals surface area contributed by atoms with Gasteiger partial charge in [0.25, 0.3) is 0 Å². The summed E-state index contributed by atoms with van der Waals surface area (Å²) in [5.74, 6) is 0. The molecule has 3 nitrogen and oxygen atoms in total. The Morgan fingerprint density at radius 1 is 0.224 bits per heavy atom. The molecule has 58 heavy (non-hydrogen) atoms. The van der Waals surface area contributed by atoms with Crippen molar-refractivity contribution >= 4 is 7.32 Å². The van der Waals surface area contributed by atoms with E-state index in [0.29, 0.717) is 0 Å². The van der Waals surface area contributed by atoms with Crippen LogP contribution in [0.1, 0.15) is 290 Å². The second-order valence-corrected chi connectivity index (χ2v) is 17.7. The topological polar surface area (TPSA) is 27.7 Å². The molecule has 0 N–H and O–H groups in total. The number of rotatable bonds is 51. The van der Waals surface area contributed by atoms with Gasteiger partial charge in [0.15, 0.2) is 0 Å². The van der Waals surface area contributed by atoms with Crippen LogP contribution in [0.2, 0.25) is 0 Å². The second kappa shape index (κ2) is 54.2. The zero-order valence-electron chi connectivity index (χ0n) is 40.1. The molecule has 0 radical (unpaired) electrons. The largest absolute Gasteiger partial charge is 0.639 e. The highest BCUT2D eigenvalue weighted by atomic mass is 16.7. The first kappa shape index (κ1) is 57.2. The normalized spacial score (nSPS) is 12.1. The molecule has 0 rings (SSSR count). The molecule has 4 heteroatoms. The van der Waals surface area contributed by atoms with E-state index in [-0.39, 0.29) is 0 Å². The summed E-state index contributed by atoms with van der Waals surface area (Å²) in [6, 6.07) is 0. The van der Waals surface area contributed by atoms with Gasteiger partial charge in [0.05, 0.1) is 0 Å². The van der Waals surface area contributed by atoms with Crippen LogP contribution in [0, 0.1) is 0 Å². The fraction of sp³-hybridized carbons (Fsp3) is 0.889. The summed E-state index contributed by atoms with van der Waals surface area (Å²) >= 11 is 0. The van der Waals surface area contributed by atoms with Gasteiger partial charge in [-0.25, -0.2) is 0 Å². The summed E-state index contributed by atoms with van der Waals surface area (Å²) in [6.45, 7) is 9.11.